The highest BCUT2D eigenvalue weighted by Gasteiger charge is 2.20. The average molecular weight is 304 g/mol. The third-order valence-corrected chi connectivity index (χ3v) is 3.43. The van der Waals surface area contributed by atoms with E-state index in [1.807, 2.05) is 0 Å². The predicted molar refractivity (Wildman–Crippen MR) is 74.3 cm³/mol. The van der Waals surface area contributed by atoms with E-state index in [1.54, 1.807) is 20.8 Å². The lowest BCUT2D eigenvalue weighted by Gasteiger charge is -2.21. The monoisotopic (exact) mass is 304 g/mol. The van der Waals surface area contributed by atoms with Gasteiger partial charge in [-0.05, 0) is 39.0 Å². The lowest BCUT2D eigenvalue weighted by atomic mass is 10.1. The second kappa shape index (κ2) is 5.63. The summed E-state index contributed by atoms with van der Waals surface area (Å²) in [5.74, 6) is -1.18. The largest absolute Gasteiger partial charge is 0.409 e. The summed E-state index contributed by atoms with van der Waals surface area (Å²) in [7, 11) is -3.82. The standard InChI is InChI=1S/C11H17FN4O3S/c1-11(2,3)16-20(18,19)15-7-4-5-9(12)8(6-7)10(13)14-17/h4-6,15-17H,1-3H3,(H2,13,14). The van der Waals surface area contributed by atoms with Crippen molar-refractivity contribution >= 4 is 21.7 Å². The molecule has 1 rings (SSSR count). The van der Waals surface area contributed by atoms with Crippen molar-refractivity contribution in [2.45, 2.75) is 26.3 Å². The molecule has 0 aromatic heterocycles. The molecule has 0 bridgehead atoms. The van der Waals surface area contributed by atoms with E-state index in [0.717, 1.165) is 12.1 Å². The van der Waals surface area contributed by atoms with E-state index >= 15 is 0 Å². The van der Waals surface area contributed by atoms with Crippen LogP contribution in [0, 0.1) is 5.82 Å². The van der Waals surface area contributed by atoms with Crippen molar-refractivity contribution in [3.8, 4) is 0 Å². The molecule has 0 amide bonds. The third-order valence-electron chi connectivity index (χ3n) is 2.04. The average Bonchev–Trinajstić information content (AvgIpc) is 2.27. The molecule has 0 aliphatic rings. The number of hydrogen-bond acceptors (Lipinski definition) is 4. The molecular weight excluding hydrogens is 287 g/mol. The first-order chi connectivity index (χ1) is 9.04. The molecule has 0 heterocycles. The molecule has 7 nitrogen and oxygen atoms in total. The predicted octanol–water partition coefficient (Wildman–Crippen LogP) is 0.965. The number of nitrogens with one attached hydrogen (secondary N) is 2. The van der Waals surface area contributed by atoms with Gasteiger partial charge in [-0.2, -0.15) is 13.1 Å². The first-order valence-electron chi connectivity index (χ1n) is 5.63. The molecule has 0 saturated carbocycles. The van der Waals surface area contributed by atoms with Crippen LogP contribution in [-0.4, -0.2) is 25.0 Å². The summed E-state index contributed by atoms with van der Waals surface area (Å²) in [6.07, 6.45) is 0. The first-order valence-corrected chi connectivity index (χ1v) is 7.11. The SMILES string of the molecule is CC(C)(C)NS(=O)(=O)Nc1ccc(F)c(/C(N)=N/O)c1. The molecule has 0 unspecified atom stereocenters. The molecule has 5 N–H and O–H groups in total. The van der Waals surface area contributed by atoms with Crippen LogP contribution in [0.1, 0.15) is 26.3 Å². The summed E-state index contributed by atoms with van der Waals surface area (Å²) in [5.41, 5.74) is 4.51. The molecular formula is C11H17FN4O3S. The first kappa shape index (κ1) is 16.2. The van der Waals surface area contributed by atoms with Crippen molar-refractivity contribution in [2.24, 2.45) is 10.9 Å². The van der Waals surface area contributed by atoms with Crippen LogP contribution in [0.3, 0.4) is 0 Å². The zero-order valence-corrected chi connectivity index (χ0v) is 12.1. The maximum Gasteiger partial charge on any atom is 0.299 e. The number of hydrogen-bond donors (Lipinski definition) is 4. The Kier molecular flexibility index (Phi) is 4.56. The normalized spacial score (nSPS) is 13.3. The van der Waals surface area contributed by atoms with E-state index in [-0.39, 0.29) is 11.3 Å². The summed E-state index contributed by atoms with van der Waals surface area (Å²) in [5, 5.41) is 11.2. The Bertz CT molecular complexity index is 623. The number of nitrogens with two attached hydrogens (primary N) is 1. The Balaban J connectivity index is 3.06. The van der Waals surface area contributed by atoms with Crippen molar-refractivity contribution in [1.29, 1.82) is 0 Å². The molecule has 112 valence electrons. The van der Waals surface area contributed by atoms with Crippen molar-refractivity contribution in [3.05, 3.63) is 29.6 Å². The van der Waals surface area contributed by atoms with Crippen LogP contribution < -0.4 is 15.2 Å². The summed E-state index contributed by atoms with van der Waals surface area (Å²) in [6.45, 7) is 5.04. The summed E-state index contributed by atoms with van der Waals surface area (Å²) >= 11 is 0. The van der Waals surface area contributed by atoms with Gasteiger partial charge >= 0.3 is 0 Å². The van der Waals surface area contributed by atoms with Crippen LogP contribution in [-0.2, 0) is 10.2 Å². The van der Waals surface area contributed by atoms with Crippen LogP contribution in [0.2, 0.25) is 0 Å². The van der Waals surface area contributed by atoms with Gasteiger partial charge in [-0.3, -0.25) is 4.72 Å². The maximum atomic E-state index is 13.4. The van der Waals surface area contributed by atoms with Gasteiger partial charge in [0.05, 0.1) is 11.3 Å². The fourth-order valence-electron chi connectivity index (χ4n) is 1.42. The van der Waals surface area contributed by atoms with E-state index in [1.165, 1.54) is 6.07 Å². The zero-order chi connectivity index (χ0) is 15.6. The quantitative estimate of drug-likeness (QED) is 0.287. The minimum Gasteiger partial charge on any atom is -0.409 e. The summed E-state index contributed by atoms with van der Waals surface area (Å²) in [4.78, 5) is 0. The molecule has 0 spiro atoms. The van der Waals surface area contributed by atoms with Crippen molar-refractivity contribution in [3.63, 3.8) is 0 Å². The smallest absolute Gasteiger partial charge is 0.299 e. The lowest BCUT2D eigenvalue weighted by Crippen LogP contribution is -2.43. The Hall–Kier alpha value is -1.87. The van der Waals surface area contributed by atoms with E-state index in [9.17, 15) is 12.8 Å². The number of benzene rings is 1. The van der Waals surface area contributed by atoms with Gasteiger partial charge < -0.3 is 10.9 Å². The van der Waals surface area contributed by atoms with Crippen molar-refractivity contribution < 1.29 is 18.0 Å². The van der Waals surface area contributed by atoms with Gasteiger partial charge in [-0.25, -0.2) is 4.39 Å². The van der Waals surface area contributed by atoms with E-state index < -0.39 is 27.4 Å². The molecule has 0 saturated heterocycles. The fourth-order valence-corrected chi connectivity index (χ4v) is 2.72. The van der Waals surface area contributed by atoms with E-state index in [4.69, 9.17) is 10.9 Å². The molecule has 1 aromatic rings. The van der Waals surface area contributed by atoms with Crippen LogP contribution in [0.25, 0.3) is 0 Å². The highest BCUT2D eigenvalue weighted by molar-refractivity contribution is 7.90. The van der Waals surface area contributed by atoms with Gasteiger partial charge in [0, 0.05) is 5.54 Å². The second-order valence-corrected chi connectivity index (χ2v) is 6.55. The number of amidine groups is 1. The highest BCUT2D eigenvalue weighted by Crippen LogP contribution is 2.16. The molecule has 0 fully saturated rings. The summed E-state index contributed by atoms with van der Waals surface area (Å²) in [6, 6.07) is 3.37. The number of oxime groups is 1. The third kappa shape index (κ3) is 4.67. The Morgan fingerprint density at radius 2 is 2.00 bits per heavy atom. The molecule has 0 atom stereocenters. The lowest BCUT2D eigenvalue weighted by molar-refractivity contribution is 0.318. The molecule has 0 aliphatic carbocycles. The zero-order valence-electron chi connectivity index (χ0n) is 11.3. The fraction of sp³-hybridized carbons (Fsp3) is 0.364. The second-order valence-electron chi connectivity index (χ2n) is 5.14. The van der Waals surface area contributed by atoms with Crippen LogP contribution in [0.4, 0.5) is 10.1 Å². The maximum absolute atomic E-state index is 13.4. The molecule has 1 aromatic carbocycles. The van der Waals surface area contributed by atoms with Crippen LogP contribution >= 0.6 is 0 Å². The molecule has 0 aliphatic heterocycles. The summed E-state index contributed by atoms with van der Waals surface area (Å²) < 4.78 is 41.7. The van der Waals surface area contributed by atoms with E-state index in [0.29, 0.717) is 0 Å². The van der Waals surface area contributed by atoms with Gasteiger partial charge in [-0.1, -0.05) is 5.16 Å². The number of anilines is 1. The molecule has 20 heavy (non-hydrogen) atoms. The minimum atomic E-state index is -3.82. The van der Waals surface area contributed by atoms with Gasteiger partial charge in [0.1, 0.15) is 5.82 Å². The topological polar surface area (TPSA) is 117 Å². The van der Waals surface area contributed by atoms with Gasteiger partial charge in [0.15, 0.2) is 5.84 Å². The molecule has 9 heteroatoms. The number of halogens is 1. The number of rotatable bonds is 4. The van der Waals surface area contributed by atoms with Gasteiger partial charge in [0.2, 0.25) is 0 Å². The van der Waals surface area contributed by atoms with Crippen molar-refractivity contribution in [1.82, 2.24) is 4.72 Å². The van der Waals surface area contributed by atoms with Gasteiger partial charge in [-0.15, -0.1) is 0 Å². The van der Waals surface area contributed by atoms with Crippen LogP contribution in [0.15, 0.2) is 23.4 Å². The Morgan fingerprint density at radius 3 is 2.50 bits per heavy atom. The highest BCUT2D eigenvalue weighted by atomic mass is 32.2. The number of nitrogens with zero attached hydrogens (tertiary/aromatic N) is 1. The van der Waals surface area contributed by atoms with Gasteiger partial charge in [0.25, 0.3) is 10.2 Å². The minimum absolute atomic E-state index is 0.0877. The molecule has 0 radical (unpaired) electrons. The Labute approximate surface area is 116 Å². The van der Waals surface area contributed by atoms with E-state index in [2.05, 4.69) is 14.6 Å². The van der Waals surface area contributed by atoms with Crippen LogP contribution in [0.5, 0.6) is 0 Å². The van der Waals surface area contributed by atoms with Crippen molar-refractivity contribution in [2.75, 3.05) is 4.72 Å². The Morgan fingerprint density at radius 1 is 1.40 bits per heavy atom.